The van der Waals surface area contributed by atoms with Crippen molar-refractivity contribution in [1.82, 2.24) is 36.8 Å². The zero-order chi connectivity index (χ0) is 44.4. The number of primary amides is 1. The van der Waals surface area contributed by atoms with Gasteiger partial charge in [-0.3, -0.25) is 38.4 Å². The number of aliphatic hydroxyl groups is 2. The molecule has 0 saturated heterocycles. The van der Waals surface area contributed by atoms with Gasteiger partial charge in [0.2, 0.25) is 29.5 Å². The van der Waals surface area contributed by atoms with Gasteiger partial charge in [-0.05, 0) is 48.6 Å². The van der Waals surface area contributed by atoms with Crippen LogP contribution in [0.5, 0.6) is 0 Å². The lowest BCUT2D eigenvalue weighted by Gasteiger charge is -2.30. The molecule has 0 fully saturated rings. The summed E-state index contributed by atoms with van der Waals surface area (Å²) in [6.45, 7) is 1.59. The highest BCUT2D eigenvalue weighted by atomic mass is 16.4. The maximum absolute atomic E-state index is 13.0. The van der Waals surface area contributed by atoms with Crippen molar-refractivity contribution >= 4 is 54.4 Å². The molecule has 0 saturated carbocycles. The van der Waals surface area contributed by atoms with Gasteiger partial charge in [0.15, 0.2) is 12.3 Å². The van der Waals surface area contributed by atoms with Gasteiger partial charge in [0.05, 0.1) is 32.1 Å². The van der Waals surface area contributed by atoms with Crippen LogP contribution < -0.4 is 49.1 Å². The number of amides is 8. The average molecular weight is 829 g/mol. The van der Waals surface area contributed by atoms with Gasteiger partial charge in [-0.1, -0.05) is 49.7 Å². The first-order chi connectivity index (χ1) is 27.8. The van der Waals surface area contributed by atoms with Gasteiger partial charge in [0.25, 0.3) is 17.7 Å². The predicted octanol–water partition coefficient (Wildman–Crippen LogP) is -5.60. The standard InChI is InChI=1S/C36H53BN10O12/c1-4-5-6-20-7-9-21(10-8-20)22-11-13-23(14-12-22)31(52)44-25(17-48)33(54)45-29(39)35(56)41-16-27(51)47(3)28(19(2)49)34(55)46-30(40)36(57)43-24(15-26(38)50)32(53)42-18-37(58)59/h7-14,19,24-25,28-30,48-49,58-59H,4-6,15-18,39-40H2,1-3H3,(H2,38,50)(H,41,56)(H,42,53)(H,43,57)(H,44,52)(H,45,54)(H,46,55)/t19?,24-,25+,28-,29-,30+/m0/s1. The van der Waals surface area contributed by atoms with Crippen LogP contribution >= 0.6 is 0 Å². The molecule has 0 radical (unpaired) electrons. The van der Waals surface area contributed by atoms with Gasteiger partial charge in [-0.2, -0.15) is 0 Å². The van der Waals surface area contributed by atoms with E-state index in [-0.39, 0.29) is 5.56 Å². The topological polar surface area (TPSA) is 371 Å². The van der Waals surface area contributed by atoms with E-state index in [4.69, 9.17) is 27.2 Å². The van der Waals surface area contributed by atoms with Crippen molar-refractivity contribution in [2.24, 2.45) is 17.2 Å². The summed E-state index contributed by atoms with van der Waals surface area (Å²) in [5.41, 5.74) is 19.8. The highest BCUT2D eigenvalue weighted by molar-refractivity contribution is 6.41. The van der Waals surface area contributed by atoms with Crippen LogP contribution in [0.3, 0.4) is 0 Å². The van der Waals surface area contributed by atoms with Crippen LogP contribution in [0.2, 0.25) is 0 Å². The molecule has 23 heteroatoms. The first kappa shape index (κ1) is 49.2. The van der Waals surface area contributed by atoms with E-state index >= 15 is 0 Å². The molecule has 1 unspecified atom stereocenters. The molecule has 0 aliphatic heterocycles. The number of hydrogen-bond donors (Lipinski definition) is 13. The number of unbranched alkanes of at least 4 members (excludes halogenated alkanes) is 1. The molecule has 2 aromatic carbocycles. The predicted molar refractivity (Wildman–Crippen MR) is 211 cm³/mol. The highest BCUT2D eigenvalue weighted by Crippen LogP contribution is 2.21. The Morgan fingerprint density at radius 3 is 1.83 bits per heavy atom. The summed E-state index contributed by atoms with van der Waals surface area (Å²) in [5.74, 6) is -8.19. The van der Waals surface area contributed by atoms with E-state index in [1.807, 2.05) is 34.9 Å². The lowest BCUT2D eigenvalue weighted by molar-refractivity contribution is -0.144. The van der Waals surface area contributed by atoms with Crippen molar-refractivity contribution in [3.8, 4) is 11.1 Å². The van der Waals surface area contributed by atoms with E-state index < -0.39 is 117 Å². The number of nitrogens with one attached hydrogen (secondary N) is 6. The largest absolute Gasteiger partial charge is 0.472 e. The number of nitrogens with zero attached hydrogens (tertiary/aromatic N) is 1. The number of aryl methyl sites for hydroxylation is 1. The molecular formula is C36H53BN10O12. The monoisotopic (exact) mass is 828 g/mol. The highest BCUT2D eigenvalue weighted by Gasteiger charge is 2.34. The van der Waals surface area contributed by atoms with Crippen molar-refractivity contribution in [1.29, 1.82) is 0 Å². The third-order valence-electron chi connectivity index (χ3n) is 8.67. The van der Waals surface area contributed by atoms with Gasteiger partial charge in [0.1, 0.15) is 18.1 Å². The zero-order valence-corrected chi connectivity index (χ0v) is 32.8. The Kier molecular flexibility index (Phi) is 20.1. The van der Waals surface area contributed by atoms with Gasteiger partial charge in [-0.15, -0.1) is 0 Å². The Balaban J connectivity index is 1.94. The SMILES string of the molecule is CCCCc1ccc(-c2ccc(C(=O)N[C@H](CO)C(=O)N[C@H](N)C(=O)NCC(=O)N(C)[C@H](C(=O)N[C@@H](N)C(=O)N[C@@H](CC(N)=O)C(=O)NCB(O)O)C(C)O)cc2)cc1. The molecule has 2 aromatic rings. The smallest absolute Gasteiger partial charge is 0.426 e. The molecule has 0 spiro atoms. The summed E-state index contributed by atoms with van der Waals surface area (Å²) in [7, 11) is -0.867. The van der Waals surface area contributed by atoms with Gasteiger partial charge in [0, 0.05) is 12.6 Å². The quantitative estimate of drug-likeness (QED) is 0.0367. The molecule has 0 aliphatic carbocycles. The summed E-state index contributed by atoms with van der Waals surface area (Å²) < 4.78 is 0. The van der Waals surface area contributed by atoms with Crippen LogP contribution in [0.4, 0.5) is 0 Å². The number of likely N-dealkylation sites (N-methyl/N-ethyl adjacent to an activating group) is 1. The molecule has 0 heterocycles. The second-order valence-corrected chi connectivity index (χ2v) is 13.4. The minimum atomic E-state index is -1.95. The van der Waals surface area contributed by atoms with Crippen molar-refractivity contribution in [2.75, 3.05) is 26.6 Å². The van der Waals surface area contributed by atoms with E-state index in [1.54, 1.807) is 24.3 Å². The van der Waals surface area contributed by atoms with Crippen molar-refractivity contribution in [3.05, 3.63) is 59.7 Å². The van der Waals surface area contributed by atoms with Crippen molar-refractivity contribution in [3.63, 3.8) is 0 Å². The summed E-state index contributed by atoms with van der Waals surface area (Å²) in [5, 5.41) is 50.8. The molecule has 16 N–H and O–H groups in total. The van der Waals surface area contributed by atoms with Crippen LogP contribution in [0.25, 0.3) is 11.1 Å². The number of carbonyl (C=O) groups is 8. The second-order valence-electron chi connectivity index (χ2n) is 13.4. The van der Waals surface area contributed by atoms with Gasteiger partial charge < -0.3 is 74.3 Å². The third-order valence-corrected chi connectivity index (χ3v) is 8.67. The number of aliphatic hydroxyl groups excluding tert-OH is 2. The van der Waals surface area contributed by atoms with E-state index in [9.17, 15) is 48.6 Å². The first-order valence-electron chi connectivity index (χ1n) is 18.5. The summed E-state index contributed by atoms with van der Waals surface area (Å²) in [6.07, 6.45) is -3.47. The Morgan fingerprint density at radius 2 is 1.31 bits per heavy atom. The Bertz CT molecular complexity index is 1780. The molecule has 0 aromatic heterocycles. The number of hydrogen-bond acceptors (Lipinski definition) is 14. The Hall–Kier alpha value is -5.98. The molecule has 59 heavy (non-hydrogen) atoms. The number of rotatable bonds is 23. The van der Waals surface area contributed by atoms with E-state index in [0.29, 0.717) is 4.90 Å². The van der Waals surface area contributed by atoms with Crippen molar-refractivity contribution in [2.45, 2.75) is 76.1 Å². The number of carbonyl (C=O) groups excluding carboxylic acids is 8. The zero-order valence-electron chi connectivity index (χ0n) is 32.8. The Labute approximate surface area is 340 Å². The van der Waals surface area contributed by atoms with E-state index in [2.05, 4.69) is 28.2 Å². The van der Waals surface area contributed by atoms with Gasteiger partial charge >= 0.3 is 7.12 Å². The van der Waals surface area contributed by atoms with Crippen LogP contribution in [0, 0.1) is 0 Å². The maximum atomic E-state index is 13.0. The number of nitrogens with two attached hydrogens (primary N) is 3. The van der Waals surface area contributed by atoms with Gasteiger partial charge in [-0.25, -0.2) is 0 Å². The molecule has 0 aliphatic rings. The fraction of sp³-hybridized carbons (Fsp3) is 0.444. The average Bonchev–Trinajstić information content (AvgIpc) is 3.19. The lowest BCUT2D eigenvalue weighted by atomic mass is 9.92. The molecule has 22 nitrogen and oxygen atoms in total. The molecular weight excluding hydrogens is 775 g/mol. The molecule has 2 rings (SSSR count). The fourth-order valence-electron chi connectivity index (χ4n) is 5.38. The van der Waals surface area contributed by atoms with Crippen LogP contribution in [0.15, 0.2) is 48.5 Å². The minimum Gasteiger partial charge on any atom is -0.426 e. The third kappa shape index (κ3) is 16.1. The van der Waals surface area contributed by atoms with E-state index in [0.717, 1.165) is 44.4 Å². The van der Waals surface area contributed by atoms with E-state index in [1.165, 1.54) is 5.56 Å². The lowest BCUT2D eigenvalue weighted by Crippen LogP contribution is -2.62. The van der Waals surface area contributed by atoms with Crippen LogP contribution in [0.1, 0.15) is 49.0 Å². The fourth-order valence-corrected chi connectivity index (χ4v) is 5.38. The normalized spacial score (nSPS) is 13.8. The summed E-state index contributed by atoms with van der Waals surface area (Å²) in [4.78, 5) is 101. The van der Waals surface area contributed by atoms with Crippen LogP contribution in [-0.2, 0) is 40.0 Å². The molecule has 322 valence electrons. The van der Waals surface area contributed by atoms with Crippen LogP contribution in [-0.4, -0.2) is 143 Å². The molecule has 8 amide bonds. The Morgan fingerprint density at radius 1 is 0.746 bits per heavy atom. The number of benzene rings is 2. The van der Waals surface area contributed by atoms with Crippen molar-refractivity contribution < 1.29 is 58.6 Å². The second kappa shape index (κ2) is 24.1. The summed E-state index contributed by atoms with van der Waals surface area (Å²) >= 11 is 0. The molecule has 6 atom stereocenters. The first-order valence-corrected chi connectivity index (χ1v) is 18.5. The summed E-state index contributed by atoms with van der Waals surface area (Å²) in [6, 6.07) is 9.80. The molecule has 0 bridgehead atoms. The maximum Gasteiger partial charge on any atom is 0.472 e. The minimum absolute atomic E-state index is 0.189.